The quantitative estimate of drug-likeness (QED) is 0.730. The van der Waals surface area contributed by atoms with Crippen molar-refractivity contribution < 1.29 is 13.9 Å². The standard InChI is InChI=1S/C18H18FN3O2S/c1-22(18(23)16-8-7-15(25-16)11-24-2)10-13-9-20-21-17(13)12-3-5-14(19)6-4-12/h3-9H,10-11H2,1-2H3,(H,20,21). The number of H-pyrrole nitrogens is 1. The van der Waals surface area contributed by atoms with Crippen molar-refractivity contribution in [3.63, 3.8) is 0 Å². The Bertz CT molecular complexity index is 857. The number of rotatable bonds is 6. The SMILES string of the molecule is COCc1ccc(C(=O)N(C)Cc2cn[nH]c2-c2ccc(F)cc2)s1. The Hall–Kier alpha value is -2.51. The molecule has 3 rings (SSSR count). The van der Waals surface area contributed by atoms with E-state index in [1.807, 2.05) is 12.1 Å². The van der Waals surface area contributed by atoms with Crippen LogP contribution in [0.1, 0.15) is 20.1 Å². The third kappa shape index (κ3) is 3.94. The highest BCUT2D eigenvalue weighted by molar-refractivity contribution is 7.14. The average Bonchev–Trinajstić information content (AvgIpc) is 3.25. The van der Waals surface area contributed by atoms with Crippen LogP contribution in [-0.4, -0.2) is 35.2 Å². The van der Waals surface area contributed by atoms with E-state index in [1.54, 1.807) is 37.4 Å². The van der Waals surface area contributed by atoms with Crippen LogP contribution in [0.4, 0.5) is 4.39 Å². The fourth-order valence-electron chi connectivity index (χ4n) is 2.53. The molecule has 0 aliphatic rings. The van der Waals surface area contributed by atoms with Gasteiger partial charge in [-0.15, -0.1) is 11.3 Å². The Morgan fingerprint density at radius 1 is 1.28 bits per heavy atom. The monoisotopic (exact) mass is 359 g/mol. The van der Waals surface area contributed by atoms with Gasteiger partial charge in [-0.3, -0.25) is 9.89 Å². The van der Waals surface area contributed by atoms with Crippen LogP contribution >= 0.6 is 11.3 Å². The summed E-state index contributed by atoms with van der Waals surface area (Å²) in [5.41, 5.74) is 2.48. The number of thiophene rings is 1. The van der Waals surface area contributed by atoms with E-state index >= 15 is 0 Å². The van der Waals surface area contributed by atoms with E-state index in [9.17, 15) is 9.18 Å². The van der Waals surface area contributed by atoms with Gasteiger partial charge in [-0.25, -0.2) is 4.39 Å². The van der Waals surface area contributed by atoms with E-state index in [0.29, 0.717) is 18.0 Å². The molecule has 0 aliphatic heterocycles. The fraction of sp³-hybridized carbons (Fsp3) is 0.222. The number of amides is 1. The third-order valence-electron chi connectivity index (χ3n) is 3.76. The van der Waals surface area contributed by atoms with Crippen LogP contribution in [0.2, 0.25) is 0 Å². The molecule has 0 fully saturated rings. The summed E-state index contributed by atoms with van der Waals surface area (Å²) in [5, 5.41) is 6.99. The van der Waals surface area contributed by atoms with Crippen molar-refractivity contribution in [1.82, 2.24) is 15.1 Å². The Morgan fingerprint density at radius 2 is 2.04 bits per heavy atom. The Kier molecular flexibility index (Phi) is 5.25. The zero-order chi connectivity index (χ0) is 17.8. The second-order valence-electron chi connectivity index (χ2n) is 5.64. The summed E-state index contributed by atoms with van der Waals surface area (Å²) < 4.78 is 18.2. The molecule has 0 spiro atoms. The highest BCUT2D eigenvalue weighted by atomic mass is 32.1. The molecule has 25 heavy (non-hydrogen) atoms. The Balaban J connectivity index is 1.74. The topological polar surface area (TPSA) is 58.2 Å². The molecular weight excluding hydrogens is 341 g/mol. The zero-order valence-corrected chi connectivity index (χ0v) is 14.8. The lowest BCUT2D eigenvalue weighted by molar-refractivity contribution is 0.0790. The lowest BCUT2D eigenvalue weighted by atomic mass is 10.1. The molecule has 0 atom stereocenters. The Labute approximate surface area is 149 Å². The molecule has 0 saturated heterocycles. The molecule has 2 heterocycles. The van der Waals surface area contributed by atoms with Gasteiger partial charge in [-0.05, 0) is 36.4 Å². The number of aromatic nitrogens is 2. The second kappa shape index (κ2) is 7.58. The van der Waals surface area contributed by atoms with Gasteiger partial charge < -0.3 is 9.64 Å². The second-order valence-corrected chi connectivity index (χ2v) is 6.81. The van der Waals surface area contributed by atoms with Crippen molar-refractivity contribution in [3.8, 4) is 11.3 Å². The minimum atomic E-state index is -0.290. The number of carbonyl (C=O) groups is 1. The maximum atomic E-state index is 13.1. The smallest absolute Gasteiger partial charge is 0.263 e. The summed E-state index contributed by atoms with van der Waals surface area (Å²) in [6, 6.07) is 9.88. The van der Waals surface area contributed by atoms with E-state index in [4.69, 9.17) is 4.74 Å². The van der Waals surface area contributed by atoms with E-state index in [-0.39, 0.29) is 11.7 Å². The number of hydrogen-bond acceptors (Lipinski definition) is 4. The fourth-order valence-corrected chi connectivity index (χ4v) is 3.50. The van der Waals surface area contributed by atoms with Gasteiger partial charge in [0.25, 0.3) is 5.91 Å². The summed E-state index contributed by atoms with van der Waals surface area (Å²) in [6.45, 7) is 0.900. The molecule has 1 amide bonds. The molecule has 130 valence electrons. The number of carbonyl (C=O) groups excluding carboxylic acids is 1. The number of hydrogen-bond donors (Lipinski definition) is 1. The van der Waals surface area contributed by atoms with Gasteiger partial charge in [-0.1, -0.05) is 0 Å². The lowest BCUT2D eigenvalue weighted by Crippen LogP contribution is -2.25. The predicted molar refractivity (Wildman–Crippen MR) is 94.8 cm³/mol. The van der Waals surface area contributed by atoms with Gasteiger partial charge in [-0.2, -0.15) is 5.10 Å². The molecule has 1 N–H and O–H groups in total. The van der Waals surface area contributed by atoms with Crippen LogP contribution in [-0.2, 0) is 17.9 Å². The van der Waals surface area contributed by atoms with Crippen LogP contribution in [0.5, 0.6) is 0 Å². The molecule has 0 bridgehead atoms. The summed E-state index contributed by atoms with van der Waals surface area (Å²) in [7, 11) is 3.38. The van der Waals surface area contributed by atoms with Gasteiger partial charge >= 0.3 is 0 Å². The minimum Gasteiger partial charge on any atom is -0.379 e. The van der Waals surface area contributed by atoms with Gasteiger partial charge in [0, 0.05) is 36.7 Å². The molecule has 0 aliphatic carbocycles. The first-order chi connectivity index (χ1) is 12.1. The van der Waals surface area contributed by atoms with Crippen molar-refractivity contribution in [3.05, 3.63) is 63.7 Å². The molecule has 1 aromatic carbocycles. The van der Waals surface area contributed by atoms with E-state index in [2.05, 4.69) is 10.2 Å². The maximum absolute atomic E-state index is 13.1. The van der Waals surface area contributed by atoms with Crippen molar-refractivity contribution in [2.24, 2.45) is 0 Å². The first-order valence-electron chi connectivity index (χ1n) is 7.69. The zero-order valence-electron chi connectivity index (χ0n) is 14.0. The van der Waals surface area contributed by atoms with Crippen molar-refractivity contribution in [2.75, 3.05) is 14.2 Å². The first-order valence-corrected chi connectivity index (χ1v) is 8.51. The van der Waals surface area contributed by atoms with Crippen molar-refractivity contribution >= 4 is 17.2 Å². The molecule has 0 unspecified atom stereocenters. The van der Waals surface area contributed by atoms with Crippen molar-refractivity contribution in [2.45, 2.75) is 13.2 Å². The molecule has 5 nitrogen and oxygen atoms in total. The van der Waals surface area contributed by atoms with E-state index in [1.165, 1.54) is 23.5 Å². The van der Waals surface area contributed by atoms with Crippen LogP contribution < -0.4 is 0 Å². The van der Waals surface area contributed by atoms with Crippen LogP contribution in [0.3, 0.4) is 0 Å². The normalized spacial score (nSPS) is 10.8. The van der Waals surface area contributed by atoms with Crippen LogP contribution in [0, 0.1) is 5.82 Å². The minimum absolute atomic E-state index is 0.0568. The number of benzene rings is 1. The van der Waals surface area contributed by atoms with E-state index < -0.39 is 0 Å². The summed E-state index contributed by atoms with van der Waals surface area (Å²) >= 11 is 1.43. The first kappa shape index (κ1) is 17.3. The van der Waals surface area contributed by atoms with Gasteiger partial charge in [0.15, 0.2) is 0 Å². The molecule has 0 radical (unpaired) electrons. The summed E-state index contributed by atoms with van der Waals surface area (Å²) in [5.74, 6) is -0.347. The summed E-state index contributed by atoms with van der Waals surface area (Å²) in [6.07, 6.45) is 1.69. The van der Waals surface area contributed by atoms with Gasteiger partial charge in [0.05, 0.1) is 23.4 Å². The van der Waals surface area contributed by atoms with Crippen LogP contribution in [0.25, 0.3) is 11.3 Å². The number of halogens is 1. The number of ether oxygens (including phenoxy) is 1. The van der Waals surface area contributed by atoms with Crippen molar-refractivity contribution in [1.29, 1.82) is 0 Å². The molecule has 0 saturated carbocycles. The van der Waals surface area contributed by atoms with Gasteiger partial charge in [0.2, 0.25) is 0 Å². The van der Waals surface area contributed by atoms with Crippen LogP contribution in [0.15, 0.2) is 42.6 Å². The van der Waals surface area contributed by atoms with Gasteiger partial charge in [0.1, 0.15) is 5.82 Å². The summed E-state index contributed by atoms with van der Waals surface area (Å²) in [4.78, 5) is 15.9. The number of methoxy groups -OCH3 is 1. The largest absolute Gasteiger partial charge is 0.379 e. The highest BCUT2D eigenvalue weighted by Gasteiger charge is 2.17. The third-order valence-corrected chi connectivity index (χ3v) is 4.81. The molecule has 3 aromatic rings. The molecule has 7 heteroatoms. The predicted octanol–water partition coefficient (Wildman–Crippen LogP) is 3.70. The number of aromatic amines is 1. The lowest BCUT2D eigenvalue weighted by Gasteiger charge is -2.16. The van der Waals surface area contributed by atoms with E-state index in [0.717, 1.165) is 21.7 Å². The molecule has 2 aromatic heterocycles. The maximum Gasteiger partial charge on any atom is 0.263 e. The number of nitrogens with zero attached hydrogens (tertiary/aromatic N) is 2. The molecular formula is C18H18FN3O2S. The number of nitrogens with one attached hydrogen (secondary N) is 1. The Morgan fingerprint density at radius 3 is 2.76 bits per heavy atom. The average molecular weight is 359 g/mol. The highest BCUT2D eigenvalue weighted by Crippen LogP contribution is 2.24.